The zero-order chi connectivity index (χ0) is 19.9. The standard InChI is InChI=1S/C19H22F3N5O/c1-25-11-14(10-24-25)12-26-7-4-18(28,5-8-26)13-27-16(19(20,21)22)9-15-3-2-6-23-17(15)27/h2-3,6,9-11,28H,4-5,7-8,12-13H2,1H3. The van der Waals surface area contributed by atoms with Crippen LogP contribution in [0.3, 0.4) is 0 Å². The van der Waals surface area contributed by atoms with Crippen molar-refractivity contribution in [3.8, 4) is 0 Å². The topological polar surface area (TPSA) is 59.1 Å². The second kappa shape index (κ2) is 6.89. The first-order chi connectivity index (χ1) is 13.2. The molecule has 150 valence electrons. The SMILES string of the molecule is Cn1cc(CN2CCC(O)(Cn3c(C(F)(F)F)cc4cccnc43)CC2)cn1. The summed E-state index contributed by atoms with van der Waals surface area (Å²) < 4.78 is 43.4. The molecule has 28 heavy (non-hydrogen) atoms. The number of alkyl halides is 3. The smallest absolute Gasteiger partial charge is 0.388 e. The number of rotatable bonds is 4. The highest BCUT2D eigenvalue weighted by atomic mass is 19.4. The van der Waals surface area contributed by atoms with Crippen molar-refractivity contribution in [1.29, 1.82) is 0 Å². The summed E-state index contributed by atoms with van der Waals surface area (Å²) in [6.07, 6.45) is 1.51. The third-order valence-electron chi connectivity index (χ3n) is 5.35. The van der Waals surface area contributed by atoms with E-state index in [1.165, 1.54) is 6.20 Å². The maximum Gasteiger partial charge on any atom is 0.431 e. The lowest BCUT2D eigenvalue weighted by molar-refractivity contribution is -0.145. The van der Waals surface area contributed by atoms with Crippen molar-refractivity contribution in [1.82, 2.24) is 24.2 Å². The summed E-state index contributed by atoms with van der Waals surface area (Å²) in [5.41, 5.74) is -0.643. The van der Waals surface area contributed by atoms with Gasteiger partial charge in [-0.3, -0.25) is 9.58 Å². The van der Waals surface area contributed by atoms with Gasteiger partial charge < -0.3 is 9.67 Å². The molecule has 1 aliphatic heterocycles. The van der Waals surface area contributed by atoms with Crippen LogP contribution < -0.4 is 0 Å². The Morgan fingerprint density at radius 1 is 1.25 bits per heavy atom. The molecule has 1 N–H and O–H groups in total. The minimum atomic E-state index is -4.50. The van der Waals surface area contributed by atoms with Gasteiger partial charge >= 0.3 is 6.18 Å². The molecular formula is C19H22F3N5O. The average Bonchev–Trinajstić information content (AvgIpc) is 3.21. The molecular weight excluding hydrogens is 371 g/mol. The van der Waals surface area contributed by atoms with Gasteiger partial charge in [-0.2, -0.15) is 18.3 Å². The Kier molecular flexibility index (Phi) is 4.67. The maximum absolute atomic E-state index is 13.5. The summed E-state index contributed by atoms with van der Waals surface area (Å²) in [6, 6.07) is 4.32. The number of hydrogen-bond acceptors (Lipinski definition) is 4. The molecule has 1 saturated heterocycles. The van der Waals surface area contributed by atoms with Gasteiger partial charge in [0.15, 0.2) is 0 Å². The Morgan fingerprint density at radius 3 is 2.64 bits per heavy atom. The molecule has 6 nitrogen and oxygen atoms in total. The van der Waals surface area contributed by atoms with Crippen molar-refractivity contribution in [2.24, 2.45) is 7.05 Å². The number of aromatic nitrogens is 4. The van der Waals surface area contributed by atoms with Gasteiger partial charge in [-0.25, -0.2) is 4.98 Å². The Balaban J connectivity index is 1.51. The number of nitrogens with zero attached hydrogens (tertiary/aromatic N) is 5. The molecule has 0 radical (unpaired) electrons. The van der Waals surface area contributed by atoms with E-state index < -0.39 is 17.5 Å². The van der Waals surface area contributed by atoms with E-state index in [0.717, 1.165) is 16.2 Å². The van der Waals surface area contributed by atoms with Crippen molar-refractivity contribution in [2.75, 3.05) is 13.1 Å². The van der Waals surface area contributed by atoms with E-state index in [9.17, 15) is 18.3 Å². The zero-order valence-corrected chi connectivity index (χ0v) is 15.5. The largest absolute Gasteiger partial charge is 0.431 e. The average molecular weight is 393 g/mol. The van der Waals surface area contributed by atoms with Gasteiger partial charge in [0, 0.05) is 50.0 Å². The minimum Gasteiger partial charge on any atom is -0.388 e. The fourth-order valence-electron chi connectivity index (χ4n) is 3.87. The molecule has 0 aromatic carbocycles. The van der Waals surface area contributed by atoms with Crippen molar-refractivity contribution >= 4 is 11.0 Å². The van der Waals surface area contributed by atoms with Crippen LogP contribution in [-0.4, -0.2) is 48.0 Å². The first-order valence-corrected chi connectivity index (χ1v) is 9.17. The molecule has 0 atom stereocenters. The Labute approximate surface area is 160 Å². The van der Waals surface area contributed by atoms with Gasteiger partial charge in [0.1, 0.15) is 11.3 Å². The van der Waals surface area contributed by atoms with E-state index in [4.69, 9.17) is 0 Å². The molecule has 1 fully saturated rings. The van der Waals surface area contributed by atoms with Crippen molar-refractivity contribution in [3.63, 3.8) is 0 Å². The number of aryl methyl sites for hydroxylation is 1. The number of hydrogen-bond donors (Lipinski definition) is 1. The van der Waals surface area contributed by atoms with Crippen LogP contribution in [0, 0.1) is 0 Å². The van der Waals surface area contributed by atoms with Crippen molar-refractivity contribution < 1.29 is 18.3 Å². The lowest BCUT2D eigenvalue weighted by Crippen LogP contribution is -2.46. The number of fused-ring (bicyclic) bond motifs is 1. The number of aliphatic hydroxyl groups is 1. The molecule has 0 aliphatic carbocycles. The van der Waals surface area contributed by atoms with Crippen LogP contribution in [0.5, 0.6) is 0 Å². The van der Waals surface area contributed by atoms with E-state index in [2.05, 4.69) is 15.0 Å². The molecule has 3 aromatic rings. The monoisotopic (exact) mass is 393 g/mol. The third kappa shape index (κ3) is 3.77. The number of pyridine rings is 1. The van der Waals surface area contributed by atoms with Crippen LogP contribution in [0.2, 0.25) is 0 Å². The van der Waals surface area contributed by atoms with Gasteiger partial charge in [-0.15, -0.1) is 0 Å². The molecule has 9 heteroatoms. The van der Waals surface area contributed by atoms with Gasteiger partial charge in [0.2, 0.25) is 0 Å². The molecule has 0 amide bonds. The van der Waals surface area contributed by atoms with Gasteiger partial charge in [-0.1, -0.05) is 0 Å². The minimum absolute atomic E-state index is 0.122. The molecule has 3 aromatic heterocycles. The normalized spacial score (nSPS) is 18.0. The van der Waals surface area contributed by atoms with Crippen molar-refractivity contribution in [2.45, 2.75) is 37.7 Å². The Morgan fingerprint density at radius 2 is 2.00 bits per heavy atom. The predicted molar refractivity (Wildman–Crippen MR) is 97.4 cm³/mol. The second-order valence-electron chi connectivity index (χ2n) is 7.55. The predicted octanol–water partition coefficient (Wildman–Crippen LogP) is 2.82. The van der Waals surface area contributed by atoms with Gasteiger partial charge in [0.05, 0.1) is 18.3 Å². The lowest BCUT2D eigenvalue weighted by atomic mass is 9.91. The van der Waals surface area contributed by atoms with Crippen LogP contribution in [0.1, 0.15) is 24.1 Å². The first kappa shape index (κ1) is 18.9. The molecule has 0 bridgehead atoms. The highest BCUT2D eigenvalue weighted by Gasteiger charge is 2.39. The second-order valence-corrected chi connectivity index (χ2v) is 7.55. The summed E-state index contributed by atoms with van der Waals surface area (Å²) in [5, 5.41) is 15.6. The summed E-state index contributed by atoms with van der Waals surface area (Å²) in [4.78, 5) is 6.30. The number of likely N-dealkylation sites (tertiary alicyclic amines) is 1. The van der Waals surface area contributed by atoms with Crippen molar-refractivity contribution in [3.05, 3.63) is 48.0 Å². The van der Waals surface area contributed by atoms with Crippen LogP contribution in [0.4, 0.5) is 13.2 Å². The molecule has 0 spiro atoms. The van der Waals surface area contributed by atoms with E-state index in [0.29, 0.717) is 37.9 Å². The fraction of sp³-hybridized carbons (Fsp3) is 0.474. The lowest BCUT2D eigenvalue weighted by Gasteiger charge is -2.38. The maximum atomic E-state index is 13.5. The van der Waals surface area contributed by atoms with Crippen LogP contribution in [0.25, 0.3) is 11.0 Å². The van der Waals surface area contributed by atoms with Gasteiger partial charge in [-0.05, 0) is 31.0 Å². The van der Waals surface area contributed by atoms with Gasteiger partial charge in [0.25, 0.3) is 0 Å². The molecule has 0 saturated carbocycles. The quantitative estimate of drug-likeness (QED) is 0.741. The summed E-state index contributed by atoms with van der Waals surface area (Å²) >= 11 is 0. The Bertz CT molecular complexity index is 970. The Hall–Kier alpha value is -2.39. The summed E-state index contributed by atoms with van der Waals surface area (Å²) in [7, 11) is 1.85. The summed E-state index contributed by atoms with van der Waals surface area (Å²) in [5.74, 6) is 0. The summed E-state index contributed by atoms with van der Waals surface area (Å²) in [6.45, 7) is 1.81. The van der Waals surface area contributed by atoms with Crippen LogP contribution in [0.15, 0.2) is 36.8 Å². The molecule has 4 rings (SSSR count). The fourth-order valence-corrected chi connectivity index (χ4v) is 3.87. The molecule has 0 unspecified atom stereocenters. The molecule has 1 aliphatic rings. The third-order valence-corrected chi connectivity index (χ3v) is 5.35. The first-order valence-electron chi connectivity index (χ1n) is 9.17. The van der Waals surface area contributed by atoms with E-state index in [1.807, 2.05) is 13.2 Å². The number of piperidine rings is 1. The van der Waals surface area contributed by atoms with E-state index >= 15 is 0 Å². The zero-order valence-electron chi connectivity index (χ0n) is 15.5. The van der Waals surface area contributed by atoms with E-state index in [1.54, 1.807) is 23.0 Å². The number of halogens is 3. The highest BCUT2D eigenvalue weighted by Crippen LogP contribution is 2.35. The molecule has 4 heterocycles. The highest BCUT2D eigenvalue weighted by molar-refractivity contribution is 5.77. The van der Waals surface area contributed by atoms with Crippen LogP contribution in [-0.2, 0) is 26.3 Å². The van der Waals surface area contributed by atoms with E-state index in [-0.39, 0.29) is 12.2 Å². The van der Waals surface area contributed by atoms with Crippen LogP contribution >= 0.6 is 0 Å².